The molecule has 0 aliphatic rings. The SMILES string of the molecule is C=C/C=C\C(=C/C)S(=O)(=O)Cl. The minimum absolute atomic E-state index is 0.0825. The molecule has 0 saturated carbocycles. The van der Waals surface area contributed by atoms with E-state index in [-0.39, 0.29) is 4.91 Å². The van der Waals surface area contributed by atoms with Gasteiger partial charge in [-0.25, -0.2) is 8.42 Å². The molecule has 11 heavy (non-hydrogen) atoms. The van der Waals surface area contributed by atoms with Gasteiger partial charge in [-0.1, -0.05) is 24.8 Å². The highest BCUT2D eigenvalue weighted by Crippen LogP contribution is 2.12. The molecular formula is C7H9ClO2S. The van der Waals surface area contributed by atoms with Crippen molar-refractivity contribution < 1.29 is 8.42 Å². The van der Waals surface area contributed by atoms with Crippen LogP contribution in [0, 0.1) is 0 Å². The molecule has 0 saturated heterocycles. The summed E-state index contributed by atoms with van der Waals surface area (Å²) in [6, 6.07) is 0. The van der Waals surface area contributed by atoms with Gasteiger partial charge in [0.25, 0.3) is 9.05 Å². The third kappa shape index (κ3) is 4.01. The smallest absolute Gasteiger partial charge is 0.207 e. The Morgan fingerprint density at radius 1 is 1.55 bits per heavy atom. The van der Waals surface area contributed by atoms with Gasteiger partial charge in [0.1, 0.15) is 0 Å². The second-order valence-electron chi connectivity index (χ2n) is 1.72. The highest BCUT2D eigenvalue weighted by atomic mass is 35.7. The van der Waals surface area contributed by atoms with Gasteiger partial charge in [0.2, 0.25) is 0 Å². The Labute approximate surface area is 71.3 Å². The second-order valence-corrected chi connectivity index (χ2v) is 4.29. The largest absolute Gasteiger partial charge is 0.260 e. The average Bonchev–Trinajstić information content (AvgIpc) is 1.87. The molecule has 0 atom stereocenters. The summed E-state index contributed by atoms with van der Waals surface area (Å²) in [7, 11) is 1.46. The molecule has 4 heteroatoms. The highest BCUT2D eigenvalue weighted by Gasteiger charge is 2.07. The van der Waals surface area contributed by atoms with Crippen molar-refractivity contribution >= 4 is 19.7 Å². The van der Waals surface area contributed by atoms with Crippen molar-refractivity contribution in [3.8, 4) is 0 Å². The van der Waals surface area contributed by atoms with Crippen molar-refractivity contribution in [1.82, 2.24) is 0 Å². The molecule has 0 aromatic carbocycles. The van der Waals surface area contributed by atoms with Crippen LogP contribution in [0.2, 0.25) is 0 Å². The zero-order valence-electron chi connectivity index (χ0n) is 6.12. The third-order valence-corrected chi connectivity index (χ3v) is 2.43. The van der Waals surface area contributed by atoms with Crippen molar-refractivity contribution in [3.63, 3.8) is 0 Å². The summed E-state index contributed by atoms with van der Waals surface area (Å²) in [5, 5.41) is 0. The summed E-state index contributed by atoms with van der Waals surface area (Å²) in [5.41, 5.74) is 0. The first-order chi connectivity index (χ1) is 5.02. The maximum atomic E-state index is 10.7. The zero-order valence-corrected chi connectivity index (χ0v) is 7.69. The van der Waals surface area contributed by atoms with E-state index in [4.69, 9.17) is 10.7 Å². The minimum Gasteiger partial charge on any atom is -0.207 e. The molecular weight excluding hydrogens is 184 g/mol. The molecule has 0 unspecified atom stereocenters. The normalized spacial score (nSPS) is 13.8. The monoisotopic (exact) mass is 192 g/mol. The van der Waals surface area contributed by atoms with Gasteiger partial charge in [-0.15, -0.1) is 0 Å². The fraction of sp³-hybridized carbons (Fsp3) is 0.143. The molecule has 0 fully saturated rings. The lowest BCUT2D eigenvalue weighted by molar-refractivity contribution is 0.615. The summed E-state index contributed by atoms with van der Waals surface area (Å²) in [4.78, 5) is 0.0825. The van der Waals surface area contributed by atoms with Gasteiger partial charge >= 0.3 is 0 Å². The van der Waals surface area contributed by atoms with Crippen LogP contribution in [0.1, 0.15) is 6.92 Å². The van der Waals surface area contributed by atoms with E-state index in [1.54, 1.807) is 6.92 Å². The molecule has 0 heterocycles. The molecule has 2 nitrogen and oxygen atoms in total. The minimum atomic E-state index is -3.59. The van der Waals surface area contributed by atoms with Crippen LogP contribution < -0.4 is 0 Å². The predicted molar refractivity (Wildman–Crippen MR) is 47.9 cm³/mol. The van der Waals surface area contributed by atoms with Gasteiger partial charge in [-0.3, -0.25) is 0 Å². The Bertz CT molecular complexity index is 286. The fourth-order valence-electron chi connectivity index (χ4n) is 0.481. The molecule has 0 amide bonds. The molecule has 62 valence electrons. The number of rotatable bonds is 3. The standard InChI is InChI=1S/C7H9ClO2S/c1-3-5-6-7(4-2)11(8,9)10/h3-6H,1H2,2H3/b6-5-,7-4+. The Morgan fingerprint density at radius 2 is 2.09 bits per heavy atom. The van der Waals surface area contributed by atoms with Crippen molar-refractivity contribution in [3.05, 3.63) is 35.8 Å². The lowest BCUT2D eigenvalue weighted by atomic mass is 10.4. The van der Waals surface area contributed by atoms with Gasteiger partial charge in [-0.2, -0.15) is 0 Å². The van der Waals surface area contributed by atoms with E-state index in [1.165, 1.54) is 24.3 Å². The predicted octanol–water partition coefficient (Wildman–Crippen LogP) is 2.20. The van der Waals surface area contributed by atoms with Gasteiger partial charge in [-0.05, 0) is 13.0 Å². The summed E-state index contributed by atoms with van der Waals surface area (Å²) in [6.07, 6.45) is 5.79. The highest BCUT2D eigenvalue weighted by molar-refractivity contribution is 8.17. The van der Waals surface area contributed by atoms with Gasteiger partial charge in [0.15, 0.2) is 0 Å². The van der Waals surface area contributed by atoms with E-state index in [1.807, 2.05) is 0 Å². The first kappa shape index (κ1) is 10.5. The van der Waals surface area contributed by atoms with Crippen LogP contribution in [-0.4, -0.2) is 8.42 Å². The molecule has 0 aromatic rings. The van der Waals surface area contributed by atoms with Gasteiger partial charge in [0.05, 0.1) is 4.91 Å². The molecule has 0 rings (SSSR count). The summed E-state index contributed by atoms with van der Waals surface area (Å²) in [5.74, 6) is 0. The first-order valence-corrected chi connectivity index (χ1v) is 5.23. The second kappa shape index (κ2) is 4.36. The molecule has 0 spiro atoms. The lowest BCUT2D eigenvalue weighted by Gasteiger charge is -1.91. The van der Waals surface area contributed by atoms with Crippen molar-refractivity contribution in [2.24, 2.45) is 0 Å². The van der Waals surface area contributed by atoms with Crippen LogP contribution in [0.4, 0.5) is 0 Å². The first-order valence-electron chi connectivity index (χ1n) is 2.92. The zero-order chi connectivity index (χ0) is 8.91. The molecule has 0 radical (unpaired) electrons. The van der Waals surface area contributed by atoms with Crippen molar-refractivity contribution in [2.75, 3.05) is 0 Å². The Hall–Kier alpha value is -0.540. The fourth-order valence-corrected chi connectivity index (χ4v) is 1.43. The molecule has 0 aliphatic carbocycles. The number of hydrogen-bond acceptors (Lipinski definition) is 2. The van der Waals surface area contributed by atoms with E-state index in [0.717, 1.165) is 0 Å². The Kier molecular flexibility index (Phi) is 4.15. The number of allylic oxidation sites excluding steroid dienone is 4. The molecule has 0 aliphatic heterocycles. The van der Waals surface area contributed by atoms with Crippen LogP contribution >= 0.6 is 10.7 Å². The number of halogens is 1. The quantitative estimate of drug-likeness (QED) is 0.508. The number of hydrogen-bond donors (Lipinski definition) is 0. The Morgan fingerprint density at radius 3 is 2.36 bits per heavy atom. The van der Waals surface area contributed by atoms with E-state index in [0.29, 0.717) is 0 Å². The van der Waals surface area contributed by atoms with Crippen LogP contribution in [0.3, 0.4) is 0 Å². The maximum Gasteiger partial charge on any atom is 0.260 e. The van der Waals surface area contributed by atoms with Crippen LogP contribution in [-0.2, 0) is 9.05 Å². The summed E-state index contributed by atoms with van der Waals surface area (Å²) >= 11 is 0. The van der Waals surface area contributed by atoms with E-state index in [2.05, 4.69) is 6.58 Å². The van der Waals surface area contributed by atoms with Gasteiger partial charge < -0.3 is 0 Å². The van der Waals surface area contributed by atoms with E-state index >= 15 is 0 Å². The van der Waals surface area contributed by atoms with Crippen molar-refractivity contribution in [1.29, 1.82) is 0 Å². The van der Waals surface area contributed by atoms with Crippen molar-refractivity contribution in [2.45, 2.75) is 6.92 Å². The van der Waals surface area contributed by atoms with Gasteiger partial charge in [0, 0.05) is 10.7 Å². The van der Waals surface area contributed by atoms with Crippen LogP contribution in [0.25, 0.3) is 0 Å². The summed E-state index contributed by atoms with van der Waals surface area (Å²) in [6.45, 7) is 5.00. The Balaban J connectivity index is 4.74. The summed E-state index contributed by atoms with van der Waals surface area (Å²) < 4.78 is 21.4. The maximum absolute atomic E-state index is 10.7. The molecule has 0 N–H and O–H groups in total. The van der Waals surface area contributed by atoms with E-state index < -0.39 is 9.05 Å². The molecule has 0 aromatic heterocycles. The van der Waals surface area contributed by atoms with Crippen LogP contribution in [0.5, 0.6) is 0 Å². The average molecular weight is 193 g/mol. The lowest BCUT2D eigenvalue weighted by Crippen LogP contribution is -1.90. The van der Waals surface area contributed by atoms with E-state index in [9.17, 15) is 8.42 Å². The van der Waals surface area contributed by atoms with Crippen LogP contribution in [0.15, 0.2) is 35.8 Å². The molecule has 0 bridgehead atoms. The third-order valence-electron chi connectivity index (χ3n) is 0.963. The topological polar surface area (TPSA) is 34.1 Å².